The number of esters is 1. The summed E-state index contributed by atoms with van der Waals surface area (Å²) in [7, 11) is 0. The lowest BCUT2D eigenvalue weighted by atomic mass is 10.1. The Balaban J connectivity index is 1.88. The van der Waals surface area contributed by atoms with Gasteiger partial charge in [-0.2, -0.15) is 0 Å². The highest BCUT2D eigenvalue weighted by molar-refractivity contribution is 7.16. The van der Waals surface area contributed by atoms with Crippen molar-refractivity contribution >= 4 is 28.3 Å². The number of anilines is 1. The average molecular weight is 428 g/mol. The molecule has 0 aliphatic rings. The molecule has 1 aromatic carbocycles. The summed E-state index contributed by atoms with van der Waals surface area (Å²) in [6.45, 7) is 7.89. The second-order valence-electron chi connectivity index (χ2n) is 6.88. The summed E-state index contributed by atoms with van der Waals surface area (Å²) in [4.78, 5) is 32.3. The number of rotatable bonds is 8. The quantitative estimate of drug-likeness (QED) is 0.504. The number of benzene rings is 1. The minimum Gasteiger partial charge on any atom is -0.461 e. The summed E-state index contributed by atoms with van der Waals surface area (Å²) >= 11 is 1.32. The van der Waals surface area contributed by atoms with Crippen LogP contribution in [-0.2, 0) is 22.4 Å². The van der Waals surface area contributed by atoms with Gasteiger partial charge in [-0.15, -0.1) is 11.3 Å². The van der Waals surface area contributed by atoms with Crippen LogP contribution in [0.15, 0.2) is 34.9 Å². The van der Waals surface area contributed by atoms with E-state index in [1.54, 1.807) is 18.7 Å². The maximum absolute atomic E-state index is 13.3. The smallest absolute Gasteiger partial charge is 0.358 e. The highest BCUT2D eigenvalue weighted by atomic mass is 32.1. The summed E-state index contributed by atoms with van der Waals surface area (Å²) in [6.07, 6.45) is 0.824. The number of aromatic nitrogens is 2. The Morgan fingerprint density at radius 3 is 2.53 bits per heavy atom. The van der Waals surface area contributed by atoms with Crippen molar-refractivity contribution in [2.75, 3.05) is 18.1 Å². The van der Waals surface area contributed by atoms with E-state index in [2.05, 4.69) is 10.1 Å². The first-order valence-corrected chi connectivity index (χ1v) is 10.6. The van der Waals surface area contributed by atoms with Crippen LogP contribution >= 0.6 is 11.3 Å². The molecule has 0 aliphatic heterocycles. The van der Waals surface area contributed by atoms with Crippen LogP contribution in [0.2, 0.25) is 0 Å². The lowest BCUT2D eigenvalue weighted by molar-refractivity contribution is -0.118. The Kier molecular flexibility index (Phi) is 6.99. The minimum absolute atomic E-state index is 0.121. The van der Waals surface area contributed by atoms with Gasteiger partial charge >= 0.3 is 5.97 Å². The fraction of sp³-hybridized carbons (Fsp3) is 0.364. The molecule has 158 valence electrons. The predicted molar refractivity (Wildman–Crippen MR) is 115 cm³/mol. The van der Waals surface area contributed by atoms with Crippen LogP contribution in [-0.4, -0.2) is 35.2 Å². The standard InChI is InChI=1S/C22H25N3O4S/c1-5-28-21(27)20-16(4)30-22(23-20)25(12-11-17-9-7-6-8-10-17)19(26)13-18-14(2)24-29-15(18)3/h6-10H,5,11-13H2,1-4H3. The zero-order valence-electron chi connectivity index (χ0n) is 17.6. The van der Waals surface area contributed by atoms with Gasteiger partial charge in [0.25, 0.3) is 0 Å². The van der Waals surface area contributed by atoms with Crippen LogP contribution in [0.25, 0.3) is 0 Å². The van der Waals surface area contributed by atoms with Gasteiger partial charge in [0.1, 0.15) is 5.76 Å². The molecule has 0 aliphatic carbocycles. The number of ether oxygens (including phenoxy) is 1. The largest absolute Gasteiger partial charge is 0.461 e. The van der Waals surface area contributed by atoms with E-state index >= 15 is 0 Å². The summed E-state index contributed by atoms with van der Waals surface area (Å²) < 4.78 is 10.3. The van der Waals surface area contributed by atoms with Gasteiger partial charge in [0.2, 0.25) is 5.91 Å². The number of carbonyl (C=O) groups is 2. The molecule has 0 radical (unpaired) electrons. The van der Waals surface area contributed by atoms with E-state index in [4.69, 9.17) is 9.26 Å². The van der Waals surface area contributed by atoms with Gasteiger partial charge in [0, 0.05) is 17.0 Å². The van der Waals surface area contributed by atoms with E-state index in [0.29, 0.717) is 29.6 Å². The van der Waals surface area contributed by atoms with Crippen molar-refractivity contribution in [2.24, 2.45) is 0 Å². The fourth-order valence-corrected chi connectivity index (χ4v) is 4.04. The Morgan fingerprint density at radius 2 is 1.90 bits per heavy atom. The Bertz CT molecular complexity index is 1010. The zero-order valence-corrected chi connectivity index (χ0v) is 18.4. The third-order valence-electron chi connectivity index (χ3n) is 4.76. The number of thiazole rings is 1. The van der Waals surface area contributed by atoms with Crippen molar-refractivity contribution in [3.05, 3.63) is 63.5 Å². The first-order chi connectivity index (χ1) is 14.4. The van der Waals surface area contributed by atoms with Crippen LogP contribution in [0.3, 0.4) is 0 Å². The maximum atomic E-state index is 13.3. The van der Waals surface area contributed by atoms with Gasteiger partial charge in [-0.25, -0.2) is 9.78 Å². The lowest BCUT2D eigenvalue weighted by Gasteiger charge is -2.20. The van der Waals surface area contributed by atoms with Crippen molar-refractivity contribution in [2.45, 2.75) is 40.5 Å². The van der Waals surface area contributed by atoms with Gasteiger partial charge in [-0.3, -0.25) is 9.69 Å². The molecule has 8 heteroatoms. The van der Waals surface area contributed by atoms with E-state index in [1.165, 1.54) is 11.3 Å². The average Bonchev–Trinajstić information content (AvgIpc) is 3.26. The first-order valence-electron chi connectivity index (χ1n) is 9.81. The molecule has 1 amide bonds. The van der Waals surface area contributed by atoms with Crippen molar-refractivity contribution < 1.29 is 18.8 Å². The third-order valence-corrected chi connectivity index (χ3v) is 5.76. The van der Waals surface area contributed by atoms with Crippen LogP contribution in [0, 0.1) is 20.8 Å². The number of nitrogens with zero attached hydrogens (tertiary/aromatic N) is 3. The highest BCUT2D eigenvalue weighted by Gasteiger charge is 2.25. The van der Waals surface area contributed by atoms with Gasteiger partial charge in [0.05, 0.1) is 18.7 Å². The second-order valence-corrected chi connectivity index (χ2v) is 8.06. The fourth-order valence-electron chi connectivity index (χ4n) is 3.10. The number of aryl methyl sites for hydroxylation is 3. The molecule has 3 aromatic rings. The minimum atomic E-state index is -0.473. The van der Waals surface area contributed by atoms with Crippen molar-refractivity contribution in [1.29, 1.82) is 0 Å². The van der Waals surface area contributed by atoms with Crippen LogP contribution in [0.4, 0.5) is 5.13 Å². The second kappa shape index (κ2) is 9.67. The normalized spacial score (nSPS) is 10.8. The van der Waals surface area contributed by atoms with Crippen molar-refractivity contribution in [3.8, 4) is 0 Å². The molecule has 0 N–H and O–H groups in total. The van der Waals surface area contributed by atoms with Crippen molar-refractivity contribution in [3.63, 3.8) is 0 Å². The molecule has 2 aromatic heterocycles. The Hall–Kier alpha value is -3.00. The molecule has 7 nitrogen and oxygen atoms in total. The molecule has 0 saturated carbocycles. The van der Waals surface area contributed by atoms with Crippen LogP contribution in [0.1, 0.15) is 44.9 Å². The Morgan fingerprint density at radius 1 is 1.17 bits per heavy atom. The number of hydrogen-bond acceptors (Lipinski definition) is 7. The zero-order chi connectivity index (χ0) is 21.7. The molecular weight excluding hydrogens is 402 g/mol. The molecule has 0 bridgehead atoms. The van der Waals surface area contributed by atoms with Gasteiger partial charge < -0.3 is 9.26 Å². The summed E-state index contributed by atoms with van der Waals surface area (Å²) in [6, 6.07) is 9.94. The molecule has 0 fully saturated rings. The van der Waals surface area contributed by atoms with E-state index in [0.717, 1.165) is 16.0 Å². The lowest BCUT2D eigenvalue weighted by Crippen LogP contribution is -2.34. The molecule has 3 rings (SSSR count). The monoisotopic (exact) mass is 427 g/mol. The third kappa shape index (κ3) is 4.94. The summed E-state index contributed by atoms with van der Waals surface area (Å²) in [5.74, 6) is 0.0366. The molecule has 0 spiro atoms. The van der Waals surface area contributed by atoms with Crippen LogP contribution < -0.4 is 4.90 Å². The highest BCUT2D eigenvalue weighted by Crippen LogP contribution is 2.28. The van der Waals surface area contributed by atoms with E-state index < -0.39 is 5.97 Å². The van der Waals surface area contributed by atoms with Crippen molar-refractivity contribution in [1.82, 2.24) is 10.1 Å². The summed E-state index contributed by atoms with van der Waals surface area (Å²) in [5.41, 5.74) is 2.85. The number of hydrogen-bond donors (Lipinski definition) is 0. The topological polar surface area (TPSA) is 85.5 Å². The maximum Gasteiger partial charge on any atom is 0.358 e. The van der Waals surface area contributed by atoms with Gasteiger partial charge in [0.15, 0.2) is 10.8 Å². The molecular formula is C22H25N3O4S. The van der Waals surface area contributed by atoms with Gasteiger partial charge in [-0.05, 0) is 39.7 Å². The van der Waals surface area contributed by atoms with E-state index in [-0.39, 0.29) is 24.6 Å². The van der Waals surface area contributed by atoms with E-state index in [1.807, 2.05) is 44.2 Å². The first kappa shape index (κ1) is 21.7. The predicted octanol–water partition coefficient (Wildman–Crippen LogP) is 4.05. The molecule has 0 saturated heterocycles. The Labute approximate surface area is 179 Å². The molecule has 0 atom stereocenters. The molecule has 2 heterocycles. The van der Waals surface area contributed by atoms with Crippen LogP contribution in [0.5, 0.6) is 0 Å². The molecule has 30 heavy (non-hydrogen) atoms. The van der Waals surface area contributed by atoms with Gasteiger partial charge in [-0.1, -0.05) is 35.5 Å². The number of amides is 1. The number of carbonyl (C=O) groups excluding carboxylic acids is 2. The SMILES string of the molecule is CCOC(=O)c1nc(N(CCc2ccccc2)C(=O)Cc2c(C)noc2C)sc1C. The van der Waals surface area contributed by atoms with E-state index in [9.17, 15) is 9.59 Å². The molecule has 0 unspecified atom stereocenters. The summed E-state index contributed by atoms with van der Waals surface area (Å²) in [5, 5.41) is 4.43.